The van der Waals surface area contributed by atoms with Crippen molar-refractivity contribution >= 4 is 0 Å². The Morgan fingerprint density at radius 2 is 0.706 bits per heavy atom. The van der Waals surface area contributed by atoms with Crippen molar-refractivity contribution in [2.24, 2.45) is 21.7 Å². The van der Waals surface area contributed by atoms with Gasteiger partial charge in [0.25, 0.3) is 0 Å². The Labute approximate surface area is 303 Å². The van der Waals surface area contributed by atoms with E-state index in [1.807, 2.05) is 6.92 Å². The fraction of sp³-hybridized carbons (Fsp3) is 1.00. The number of rotatable bonds is 20. The molecule has 0 spiro atoms. The third-order valence-electron chi connectivity index (χ3n) is 6.63. The van der Waals surface area contributed by atoms with Gasteiger partial charge in [-0.2, -0.15) is 0 Å². The van der Waals surface area contributed by atoms with Crippen LogP contribution in [0.4, 0.5) is 0 Å². The molecule has 0 rings (SSSR count). The molecule has 51 heavy (non-hydrogen) atoms. The van der Waals surface area contributed by atoms with Gasteiger partial charge >= 0.3 is 0 Å². The minimum absolute atomic E-state index is 0.0451. The number of hydrogen-bond donors (Lipinski definition) is 19. The van der Waals surface area contributed by atoms with Crippen LogP contribution in [0, 0.1) is 21.7 Å². The van der Waals surface area contributed by atoms with E-state index in [9.17, 15) is 0 Å². The summed E-state index contributed by atoms with van der Waals surface area (Å²) in [7, 11) is 0. The normalized spacial score (nSPS) is 11.7. The lowest BCUT2D eigenvalue weighted by atomic mass is 9.88. The van der Waals surface area contributed by atoms with Crippen molar-refractivity contribution in [1.29, 1.82) is 0 Å². The van der Waals surface area contributed by atoms with Crippen LogP contribution in [0.1, 0.15) is 60.3 Å². The largest absolute Gasteiger partial charge is 0.396 e. The van der Waals surface area contributed by atoms with Crippen LogP contribution >= 0.6 is 0 Å². The van der Waals surface area contributed by atoms with Crippen molar-refractivity contribution < 1.29 is 97.0 Å². The van der Waals surface area contributed by atoms with Crippen molar-refractivity contribution in [3.63, 3.8) is 0 Å². The zero-order valence-electron chi connectivity index (χ0n) is 31.5. The van der Waals surface area contributed by atoms with E-state index in [1.165, 1.54) is 0 Å². The maximum absolute atomic E-state index is 8.66. The van der Waals surface area contributed by atoms with Crippen LogP contribution in [0.15, 0.2) is 0 Å². The summed E-state index contributed by atoms with van der Waals surface area (Å²) in [5.74, 6) is 0. The van der Waals surface area contributed by atoms with Gasteiger partial charge in [0, 0.05) is 36.1 Å². The van der Waals surface area contributed by atoms with E-state index in [-0.39, 0.29) is 97.4 Å². The van der Waals surface area contributed by atoms with Gasteiger partial charge in [0.05, 0.1) is 104 Å². The van der Waals surface area contributed by atoms with Gasteiger partial charge in [-0.3, -0.25) is 0 Å². The number of aliphatic hydroxyl groups excluding tert-OH is 19. The lowest BCUT2D eigenvalue weighted by Gasteiger charge is -2.24. The highest BCUT2D eigenvalue weighted by molar-refractivity contribution is 4.75. The molecular formula is C32H78O19. The molecule has 0 aromatic heterocycles. The van der Waals surface area contributed by atoms with Gasteiger partial charge in [0.1, 0.15) is 6.10 Å². The predicted octanol–water partition coefficient (Wildman–Crippen LogP) is -5.90. The van der Waals surface area contributed by atoms with Crippen molar-refractivity contribution in [2.75, 3.05) is 112 Å². The van der Waals surface area contributed by atoms with Crippen molar-refractivity contribution in [3.05, 3.63) is 0 Å². The van der Waals surface area contributed by atoms with Gasteiger partial charge < -0.3 is 97.0 Å². The monoisotopic (exact) mass is 767 g/mol. The topological polar surface area (TPSA) is 384 Å². The lowest BCUT2D eigenvalue weighted by Crippen LogP contribution is -2.37. The molecule has 0 aromatic carbocycles. The molecule has 19 heteroatoms. The minimum atomic E-state index is -1.11. The summed E-state index contributed by atoms with van der Waals surface area (Å²) in [4.78, 5) is 0. The van der Waals surface area contributed by atoms with Crippen LogP contribution in [0.5, 0.6) is 0 Å². The van der Waals surface area contributed by atoms with E-state index in [1.54, 1.807) is 27.7 Å². The van der Waals surface area contributed by atoms with Crippen LogP contribution in [0.2, 0.25) is 0 Å². The third kappa shape index (κ3) is 47.2. The molecule has 0 aliphatic carbocycles. The Kier molecular flexibility index (Phi) is 58.0. The van der Waals surface area contributed by atoms with Gasteiger partial charge in [0.2, 0.25) is 0 Å². The van der Waals surface area contributed by atoms with Gasteiger partial charge in [-0.15, -0.1) is 0 Å². The van der Waals surface area contributed by atoms with Gasteiger partial charge in [-0.05, 0) is 32.6 Å². The first-order valence-electron chi connectivity index (χ1n) is 16.5. The summed E-state index contributed by atoms with van der Waals surface area (Å²) in [5, 5.41) is 159. The van der Waals surface area contributed by atoms with Crippen molar-refractivity contribution in [1.82, 2.24) is 0 Å². The summed E-state index contributed by atoms with van der Waals surface area (Å²) in [6, 6.07) is 0. The zero-order valence-corrected chi connectivity index (χ0v) is 31.5. The fourth-order valence-corrected chi connectivity index (χ4v) is 1.45. The maximum atomic E-state index is 8.66. The molecule has 1 atom stereocenters. The second-order valence-corrected chi connectivity index (χ2v) is 12.8. The molecule has 0 radical (unpaired) electrons. The Morgan fingerprint density at radius 3 is 0.725 bits per heavy atom. The van der Waals surface area contributed by atoms with Gasteiger partial charge in [-0.1, -0.05) is 27.7 Å². The van der Waals surface area contributed by atoms with Crippen molar-refractivity contribution in [2.45, 2.75) is 72.5 Å². The summed E-state index contributed by atoms with van der Waals surface area (Å²) in [6.45, 7) is 5.87. The standard InChI is InChI=1S/C6H14O3.C5H12O4.C5H12O3.C5H12O2.2C4H10O2.C3H8O3/c1-2-6(3-7,4-8)5-9;6-1-5(2-7,3-8)4-9;1-5(2-6,3-7)4-8;1-5(2,3-6)4-7;1-4(6)2-3-5;5-3-1-2-4-6;4-1-3(6)2-5/h7-9H,2-5H2,1H3;6-9H,1-4H2;6-8H,2-4H2,1H3;6-7H,3-4H2,1-2H3;4-6H,2-3H2,1H3;5-6H,1-4H2;3-6H,1-2H2. The fourth-order valence-electron chi connectivity index (χ4n) is 1.45. The molecule has 0 aromatic rings. The molecule has 0 saturated carbocycles. The zero-order chi connectivity index (χ0) is 42.0. The number of unbranched alkanes of at least 4 members (excludes halogenated alkanes) is 1. The average Bonchev–Trinajstić information content (AvgIpc) is 3.17. The first-order valence-corrected chi connectivity index (χ1v) is 16.5. The van der Waals surface area contributed by atoms with Gasteiger partial charge in [-0.25, -0.2) is 0 Å². The van der Waals surface area contributed by atoms with E-state index in [0.29, 0.717) is 12.8 Å². The summed E-state index contributed by atoms with van der Waals surface area (Å²) >= 11 is 0. The molecule has 0 bridgehead atoms. The van der Waals surface area contributed by atoms with Crippen LogP contribution in [-0.2, 0) is 0 Å². The third-order valence-corrected chi connectivity index (χ3v) is 6.63. The molecule has 0 aliphatic rings. The van der Waals surface area contributed by atoms with Crippen LogP contribution in [0.25, 0.3) is 0 Å². The molecule has 0 heterocycles. The number of hydrogen-bond acceptors (Lipinski definition) is 19. The summed E-state index contributed by atoms with van der Waals surface area (Å²) in [6.07, 6.45) is 1.21. The maximum Gasteiger partial charge on any atom is 0.100 e. The van der Waals surface area contributed by atoms with Crippen molar-refractivity contribution in [3.8, 4) is 0 Å². The lowest BCUT2D eigenvalue weighted by molar-refractivity contribution is -0.0328. The second-order valence-electron chi connectivity index (χ2n) is 12.8. The molecule has 19 N–H and O–H groups in total. The Bertz CT molecular complexity index is 526. The van der Waals surface area contributed by atoms with Gasteiger partial charge in [0.15, 0.2) is 0 Å². The molecule has 0 aliphatic heterocycles. The Balaban J connectivity index is -0.0000000892. The van der Waals surface area contributed by atoms with E-state index in [0.717, 1.165) is 12.8 Å². The highest BCUT2D eigenvalue weighted by Crippen LogP contribution is 2.18. The predicted molar refractivity (Wildman–Crippen MR) is 189 cm³/mol. The SMILES string of the molecule is CC(C)(CO)CO.CC(CO)(CO)CO.CC(O)CCO.CCC(CO)(CO)CO.OCC(CO)(CO)CO.OCC(O)CO.OCCCCO. The highest BCUT2D eigenvalue weighted by Gasteiger charge is 2.26. The average molecular weight is 767 g/mol. The first-order chi connectivity index (χ1) is 23.8. The molecular weight excluding hydrogens is 688 g/mol. The van der Waals surface area contributed by atoms with E-state index >= 15 is 0 Å². The summed E-state index contributed by atoms with van der Waals surface area (Å²) < 4.78 is 0. The smallest absolute Gasteiger partial charge is 0.100 e. The summed E-state index contributed by atoms with van der Waals surface area (Å²) in [5.41, 5.74) is -2.79. The van der Waals surface area contributed by atoms with Crippen LogP contribution in [-0.4, -0.2) is 222 Å². The molecule has 320 valence electrons. The van der Waals surface area contributed by atoms with E-state index in [2.05, 4.69) is 0 Å². The molecule has 1 unspecified atom stereocenters. The van der Waals surface area contributed by atoms with E-state index < -0.39 is 48.8 Å². The quantitative estimate of drug-likeness (QED) is 0.0513. The number of aliphatic hydroxyl groups is 19. The highest BCUT2D eigenvalue weighted by atomic mass is 16.3. The molecule has 0 saturated heterocycles. The second kappa shape index (κ2) is 45.4. The Hall–Kier alpha value is -0.760. The minimum Gasteiger partial charge on any atom is -0.396 e. The van der Waals surface area contributed by atoms with E-state index in [4.69, 9.17) is 97.0 Å². The Morgan fingerprint density at radius 1 is 0.412 bits per heavy atom. The molecule has 19 nitrogen and oxygen atoms in total. The van der Waals surface area contributed by atoms with Crippen LogP contribution in [0.3, 0.4) is 0 Å². The molecule has 0 fully saturated rings. The first kappa shape index (κ1) is 65.1. The van der Waals surface area contributed by atoms with Crippen LogP contribution < -0.4 is 0 Å². The molecule has 0 amide bonds.